The van der Waals surface area contributed by atoms with E-state index in [0.717, 1.165) is 11.3 Å². The zero-order valence-electron chi connectivity index (χ0n) is 16.2. The highest BCUT2D eigenvalue weighted by Crippen LogP contribution is 2.22. The number of alkyl halides is 2. The van der Waals surface area contributed by atoms with Gasteiger partial charge in [0, 0.05) is 25.1 Å². The highest BCUT2D eigenvalue weighted by molar-refractivity contribution is 5.61. The fourth-order valence-corrected chi connectivity index (χ4v) is 3.01. The van der Waals surface area contributed by atoms with Crippen molar-refractivity contribution in [1.82, 2.24) is 34.1 Å². The second-order valence-electron chi connectivity index (χ2n) is 6.51. The van der Waals surface area contributed by atoms with Crippen molar-refractivity contribution in [2.75, 3.05) is 24.8 Å². The molecule has 156 valence electrons. The Labute approximate surface area is 169 Å². The summed E-state index contributed by atoms with van der Waals surface area (Å²) in [6, 6.07) is 4.66. The van der Waals surface area contributed by atoms with Crippen LogP contribution in [0.3, 0.4) is 0 Å². The summed E-state index contributed by atoms with van der Waals surface area (Å²) in [6.07, 6.45) is 4.81. The fourth-order valence-electron chi connectivity index (χ4n) is 3.01. The van der Waals surface area contributed by atoms with Gasteiger partial charge in [-0.3, -0.25) is 0 Å². The van der Waals surface area contributed by atoms with Crippen molar-refractivity contribution in [1.29, 1.82) is 0 Å². The van der Waals surface area contributed by atoms with Crippen LogP contribution in [0.25, 0.3) is 16.9 Å². The summed E-state index contributed by atoms with van der Waals surface area (Å²) in [5, 5.41) is 6.91. The van der Waals surface area contributed by atoms with Gasteiger partial charge in [0.1, 0.15) is 5.82 Å². The van der Waals surface area contributed by atoms with E-state index >= 15 is 0 Å². The minimum absolute atomic E-state index is 0.0132. The van der Waals surface area contributed by atoms with Gasteiger partial charge in [-0.25, -0.2) is 9.67 Å². The lowest BCUT2D eigenvalue weighted by Gasteiger charge is -2.16. The second-order valence-corrected chi connectivity index (χ2v) is 6.51. The Morgan fingerprint density at radius 3 is 2.77 bits per heavy atom. The number of imidazole rings is 1. The molecule has 0 aromatic carbocycles. The van der Waals surface area contributed by atoms with Crippen LogP contribution in [-0.4, -0.2) is 47.8 Å². The van der Waals surface area contributed by atoms with Gasteiger partial charge in [0.05, 0.1) is 30.1 Å². The number of halogens is 2. The van der Waals surface area contributed by atoms with Gasteiger partial charge < -0.3 is 20.2 Å². The zero-order chi connectivity index (χ0) is 21.3. The number of methoxy groups -OCH3 is 1. The minimum atomic E-state index is -2.73. The Morgan fingerprint density at radius 2 is 2.03 bits per heavy atom. The van der Waals surface area contributed by atoms with Crippen molar-refractivity contribution in [2.24, 2.45) is 0 Å². The van der Waals surface area contributed by atoms with E-state index in [1.165, 1.54) is 19.4 Å². The molecule has 4 rings (SSSR count). The number of hydrogen-bond acceptors (Lipinski definition) is 8. The largest absolute Gasteiger partial charge is 0.382 e. The first-order valence-corrected chi connectivity index (χ1v) is 8.99. The Bertz CT molecular complexity index is 1170. The van der Waals surface area contributed by atoms with E-state index in [4.69, 9.17) is 10.5 Å². The van der Waals surface area contributed by atoms with Gasteiger partial charge in [0.15, 0.2) is 5.82 Å². The minimum Gasteiger partial charge on any atom is -0.382 e. The number of aromatic nitrogens is 7. The molecule has 1 atom stereocenters. The highest BCUT2D eigenvalue weighted by Gasteiger charge is 2.19. The van der Waals surface area contributed by atoms with Crippen molar-refractivity contribution in [3.05, 3.63) is 48.3 Å². The molecule has 4 heterocycles. The van der Waals surface area contributed by atoms with E-state index in [9.17, 15) is 8.78 Å². The van der Waals surface area contributed by atoms with Crippen LogP contribution in [0, 0.1) is 6.92 Å². The third-order valence-corrected chi connectivity index (χ3v) is 4.45. The zero-order valence-corrected chi connectivity index (χ0v) is 16.2. The molecule has 10 nitrogen and oxygen atoms in total. The van der Waals surface area contributed by atoms with Crippen molar-refractivity contribution < 1.29 is 13.5 Å². The molecule has 0 spiro atoms. The van der Waals surface area contributed by atoms with Crippen molar-refractivity contribution in [3.8, 4) is 11.4 Å². The summed E-state index contributed by atoms with van der Waals surface area (Å²) in [4.78, 5) is 17.0. The number of hydrogen-bond donors (Lipinski definition) is 2. The van der Waals surface area contributed by atoms with Crippen LogP contribution >= 0.6 is 0 Å². The third-order valence-electron chi connectivity index (χ3n) is 4.45. The van der Waals surface area contributed by atoms with Gasteiger partial charge in [0.25, 0.3) is 0 Å². The molecule has 4 aromatic heterocycles. The van der Waals surface area contributed by atoms with Gasteiger partial charge in [-0.05, 0) is 25.1 Å². The van der Waals surface area contributed by atoms with E-state index in [-0.39, 0.29) is 18.5 Å². The van der Waals surface area contributed by atoms with E-state index < -0.39 is 12.6 Å². The second kappa shape index (κ2) is 7.99. The van der Waals surface area contributed by atoms with Crippen LogP contribution in [0.5, 0.6) is 0 Å². The van der Waals surface area contributed by atoms with Gasteiger partial charge >= 0.3 is 6.55 Å². The van der Waals surface area contributed by atoms with Crippen LogP contribution in [-0.2, 0) is 4.74 Å². The van der Waals surface area contributed by atoms with E-state index in [1.54, 1.807) is 6.20 Å². The highest BCUT2D eigenvalue weighted by atomic mass is 19.3. The summed E-state index contributed by atoms with van der Waals surface area (Å²) in [6.45, 7) is -0.691. The van der Waals surface area contributed by atoms with Gasteiger partial charge in [-0.15, -0.1) is 0 Å². The molecule has 0 saturated carbocycles. The summed E-state index contributed by atoms with van der Waals surface area (Å²) in [5.41, 5.74) is 7.89. The molecule has 0 unspecified atom stereocenters. The number of nitrogens with zero attached hydrogens (tertiary/aromatic N) is 7. The average molecular weight is 415 g/mol. The molecule has 30 heavy (non-hydrogen) atoms. The predicted octanol–water partition coefficient (Wildman–Crippen LogP) is 2.47. The Balaban J connectivity index is 1.66. The summed E-state index contributed by atoms with van der Waals surface area (Å²) in [5.74, 6) is 1.36. The van der Waals surface area contributed by atoms with Crippen molar-refractivity contribution in [2.45, 2.75) is 19.5 Å². The number of ether oxygens (including phenoxy) is 1. The monoisotopic (exact) mass is 415 g/mol. The molecule has 0 amide bonds. The smallest absolute Gasteiger partial charge is 0.333 e. The van der Waals surface area contributed by atoms with Crippen molar-refractivity contribution in [3.63, 3.8) is 0 Å². The maximum absolute atomic E-state index is 12.9. The first kappa shape index (κ1) is 19.6. The first-order chi connectivity index (χ1) is 14.4. The molecule has 12 heteroatoms. The Kier molecular flexibility index (Phi) is 5.23. The molecule has 0 saturated heterocycles. The normalized spacial score (nSPS) is 12.6. The molecule has 0 fully saturated rings. The maximum atomic E-state index is 12.9. The van der Waals surface area contributed by atoms with E-state index in [0.29, 0.717) is 21.8 Å². The molecule has 4 aromatic rings. The molecule has 0 aliphatic carbocycles. The molecule has 0 aliphatic rings. The van der Waals surface area contributed by atoms with Crippen LogP contribution in [0.1, 0.15) is 24.1 Å². The molecule has 3 N–H and O–H groups in total. The molecular formula is C18H19F2N9O. The summed E-state index contributed by atoms with van der Waals surface area (Å²) in [7, 11) is 1.49. The standard InChI is InChI=1S/C18H19F2N9O/c1-10-22-7-12-4-3-11(8-28(10)12)15-24-17(21)26-18(25-15)23-14(9-30-2)13-5-6-29(27-13)16(19)20/h3-8,14,16H,9H2,1-2H3,(H3,21,23,24,25,26)/t14-/m1/s1. The SMILES string of the molecule is COC[C@@H](Nc1nc(N)nc(-c2ccc3cnc(C)n3c2)n1)c1ccn(C(F)F)n1. The Morgan fingerprint density at radius 1 is 1.20 bits per heavy atom. The summed E-state index contributed by atoms with van der Waals surface area (Å²) >= 11 is 0. The fraction of sp³-hybridized carbons (Fsp3) is 0.278. The lowest BCUT2D eigenvalue weighted by molar-refractivity contribution is 0.0558. The van der Waals surface area contributed by atoms with Crippen LogP contribution in [0.15, 0.2) is 36.8 Å². The van der Waals surface area contributed by atoms with Crippen LogP contribution in [0.4, 0.5) is 20.7 Å². The van der Waals surface area contributed by atoms with Crippen molar-refractivity contribution >= 4 is 17.4 Å². The maximum Gasteiger partial charge on any atom is 0.333 e. The van der Waals surface area contributed by atoms with Gasteiger partial charge in [-0.1, -0.05) is 0 Å². The number of rotatable bonds is 7. The number of nitrogens with one attached hydrogen (secondary N) is 1. The molecule has 0 radical (unpaired) electrons. The van der Waals surface area contributed by atoms with Gasteiger partial charge in [-0.2, -0.15) is 28.8 Å². The number of fused-ring (bicyclic) bond motifs is 1. The molecule has 0 aliphatic heterocycles. The lowest BCUT2D eigenvalue weighted by atomic mass is 10.2. The number of pyridine rings is 1. The van der Waals surface area contributed by atoms with Crippen LogP contribution < -0.4 is 11.1 Å². The number of nitrogens with two attached hydrogens (primary N) is 1. The molecule has 0 bridgehead atoms. The average Bonchev–Trinajstić information content (AvgIpc) is 3.35. The van der Waals surface area contributed by atoms with Crippen LogP contribution in [0.2, 0.25) is 0 Å². The van der Waals surface area contributed by atoms with E-state index in [1.807, 2.05) is 29.7 Å². The van der Waals surface area contributed by atoms with E-state index in [2.05, 4.69) is 30.4 Å². The third kappa shape index (κ3) is 3.89. The number of anilines is 2. The summed E-state index contributed by atoms with van der Waals surface area (Å²) < 4.78 is 33.4. The quantitative estimate of drug-likeness (QED) is 0.472. The topological polar surface area (TPSA) is 121 Å². The number of nitrogen functional groups attached to an aromatic ring is 1. The van der Waals surface area contributed by atoms with Gasteiger partial charge in [0.2, 0.25) is 11.9 Å². The number of aryl methyl sites for hydroxylation is 1. The predicted molar refractivity (Wildman–Crippen MR) is 105 cm³/mol. The first-order valence-electron chi connectivity index (χ1n) is 8.99. The lowest BCUT2D eigenvalue weighted by Crippen LogP contribution is -2.20. The Hall–Kier alpha value is -3.67. The molecular weight excluding hydrogens is 396 g/mol.